The molecule has 10 nitrogen and oxygen atoms in total. The van der Waals surface area contributed by atoms with Crippen molar-refractivity contribution in [3.05, 3.63) is 16.6 Å². The zero-order valence-corrected chi connectivity index (χ0v) is 18.6. The lowest BCUT2D eigenvalue weighted by Crippen LogP contribution is -2.77. The van der Waals surface area contributed by atoms with Gasteiger partial charge in [0.25, 0.3) is 0 Å². The van der Waals surface area contributed by atoms with Crippen LogP contribution in [0.1, 0.15) is 31.7 Å². The van der Waals surface area contributed by atoms with Gasteiger partial charge in [-0.15, -0.1) is 11.3 Å². The SMILES string of the molecule is CC[C@@H]1[C@H](O)[C@H](NC)C2O[C@]3(O)C(OC2[C@H]1O)O[C@H](C)C[C@H]3NC(=O)Cc1nccs1. The minimum atomic E-state index is -1.97. The molecule has 2 aliphatic heterocycles. The Morgan fingerprint density at radius 2 is 2.10 bits per heavy atom. The van der Waals surface area contributed by atoms with Gasteiger partial charge in [-0.1, -0.05) is 6.92 Å². The van der Waals surface area contributed by atoms with Crippen LogP contribution in [0.2, 0.25) is 0 Å². The molecule has 3 fully saturated rings. The number of nitrogens with zero attached hydrogens (tertiary/aromatic N) is 1. The number of carbonyl (C=O) groups excluding carboxylic acids is 1. The predicted molar refractivity (Wildman–Crippen MR) is 110 cm³/mol. The molecule has 174 valence electrons. The Balaban J connectivity index is 1.57. The molecule has 11 heteroatoms. The minimum Gasteiger partial charge on any atom is -0.391 e. The van der Waals surface area contributed by atoms with Gasteiger partial charge < -0.3 is 40.2 Å². The number of nitrogens with one attached hydrogen (secondary N) is 2. The Morgan fingerprint density at radius 1 is 1.32 bits per heavy atom. The van der Waals surface area contributed by atoms with Crippen molar-refractivity contribution in [1.29, 1.82) is 0 Å². The van der Waals surface area contributed by atoms with Crippen molar-refractivity contribution in [2.24, 2.45) is 5.92 Å². The monoisotopic (exact) mass is 457 g/mol. The maximum atomic E-state index is 12.6. The van der Waals surface area contributed by atoms with Crippen molar-refractivity contribution in [2.75, 3.05) is 7.05 Å². The summed E-state index contributed by atoms with van der Waals surface area (Å²) in [5.41, 5.74) is 0. The third kappa shape index (κ3) is 4.13. The fourth-order valence-electron chi connectivity index (χ4n) is 4.96. The second kappa shape index (κ2) is 8.99. The number of fused-ring (bicyclic) bond motifs is 2. The first-order valence-electron chi connectivity index (χ1n) is 10.7. The Labute approximate surface area is 184 Å². The average Bonchev–Trinajstić information content (AvgIpc) is 3.21. The maximum absolute atomic E-state index is 12.6. The summed E-state index contributed by atoms with van der Waals surface area (Å²) in [5, 5.41) is 41.4. The van der Waals surface area contributed by atoms with Gasteiger partial charge in [0.1, 0.15) is 17.2 Å². The first-order valence-corrected chi connectivity index (χ1v) is 11.6. The highest BCUT2D eigenvalue weighted by Gasteiger charge is 2.63. The molecule has 0 bridgehead atoms. The van der Waals surface area contributed by atoms with Crippen LogP contribution in [0.25, 0.3) is 0 Å². The number of aromatic nitrogens is 1. The summed E-state index contributed by atoms with van der Waals surface area (Å²) in [7, 11) is 1.68. The lowest BCUT2D eigenvalue weighted by molar-refractivity contribution is -0.450. The Morgan fingerprint density at radius 3 is 2.74 bits per heavy atom. The van der Waals surface area contributed by atoms with E-state index in [1.54, 1.807) is 18.6 Å². The molecule has 1 saturated carbocycles. The standard InChI is InChI=1S/C20H31N3O7S/c1-4-10-15(25)14(21-3)17-18(16(10)26)29-19-20(27,30-17)11(7-9(2)28-19)23-12(24)8-13-22-5-6-31-13/h5-6,9-11,14-19,21,25-27H,4,7-8H2,1-3H3,(H,23,24)/t9-,10-,11-,14+,15+,16+,17?,18?,19?,20+/m1/s1. The van der Waals surface area contributed by atoms with Crippen LogP contribution in [-0.2, 0) is 25.4 Å². The van der Waals surface area contributed by atoms with Crippen molar-refractivity contribution >= 4 is 17.2 Å². The largest absolute Gasteiger partial charge is 0.391 e. The summed E-state index contributed by atoms with van der Waals surface area (Å²) >= 11 is 1.38. The number of likely N-dealkylation sites (N-methyl/N-ethyl adjacent to an activating group) is 1. The fraction of sp³-hybridized carbons (Fsp3) is 0.800. The van der Waals surface area contributed by atoms with Crippen LogP contribution in [0.4, 0.5) is 0 Å². The van der Waals surface area contributed by atoms with E-state index in [2.05, 4.69) is 15.6 Å². The average molecular weight is 458 g/mol. The van der Waals surface area contributed by atoms with Gasteiger partial charge in [-0.3, -0.25) is 4.79 Å². The first-order chi connectivity index (χ1) is 14.8. The molecule has 2 saturated heterocycles. The van der Waals surface area contributed by atoms with E-state index in [1.807, 2.05) is 13.8 Å². The number of aliphatic hydroxyl groups excluding tert-OH is 2. The molecule has 3 aliphatic rings. The molecular weight excluding hydrogens is 426 g/mol. The smallest absolute Gasteiger partial charge is 0.239 e. The molecule has 31 heavy (non-hydrogen) atoms. The van der Waals surface area contributed by atoms with Crippen molar-refractivity contribution in [2.45, 2.75) is 87.8 Å². The normalized spacial score (nSPS) is 44.9. The lowest BCUT2D eigenvalue weighted by atomic mass is 9.74. The highest BCUT2D eigenvalue weighted by molar-refractivity contribution is 7.09. The molecule has 1 amide bonds. The number of aliphatic hydroxyl groups is 3. The predicted octanol–water partition coefficient (Wildman–Crippen LogP) is -0.872. The molecule has 1 aromatic heterocycles. The number of hydrogen-bond donors (Lipinski definition) is 5. The van der Waals surface area contributed by atoms with Crippen molar-refractivity contribution in [3.8, 4) is 0 Å². The topological polar surface area (TPSA) is 142 Å². The molecule has 3 unspecified atom stereocenters. The second-order valence-corrected chi connectivity index (χ2v) is 9.52. The summed E-state index contributed by atoms with van der Waals surface area (Å²) in [6.07, 6.45) is -2.44. The van der Waals surface area contributed by atoms with Crippen LogP contribution >= 0.6 is 11.3 Å². The van der Waals surface area contributed by atoms with Gasteiger partial charge in [-0.05, 0) is 26.8 Å². The van der Waals surface area contributed by atoms with Crippen LogP contribution < -0.4 is 10.6 Å². The van der Waals surface area contributed by atoms with E-state index in [-0.39, 0.29) is 18.4 Å². The summed E-state index contributed by atoms with van der Waals surface area (Å²) in [5.74, 6) is -2.69. The van der Waals surface area contributed by atoms with Crippen LogP contribution in [0.3, 0.4) is 0 Å². The van der Waals surface area contributed by atoms with E-state index < -0.39 is 54.5 Å². The number of ether oxygens (including phenoxy) is 3. The van der Waals surface area contributed by atoms with Crippen LogP contribution in [0, 0.1) is 5.92 Å². The first kappa shape index (κ1) is 23.0. The lowest BCUT2D eigenvalue weighted by Gasteiger charge is -2.58. The van der Waals surface area contributed by atoms with Crippen molar-refractivity contribution < 1.29 is 34.3 Å². The molecule has 5 N–H and O–H groups in total. The van der Waals surface area contributed by atoms with E-state index in [0.29, 0.717) is 17.8 Å². The Hall–Kier alpha value is -1.18. The van der Waals surface area contributed by atoms with Crippen LogP contribution in [0.15, 0.2) is 11.6 Å². The van der Waals surface area contributed by atoms with E-state index in [9.17, 15) is 20.1 Å². The second-order valence-electron chi connectivity index (χ2n) is 8.54. The van der Waals surface area contributed by atoms with E-state index >= 15 is 0 Å². The molecule has 4 rings (SSSR count). The van der Waals surface area contributed by atoms with Gasteiger partial charge in [0.2, 0.25) is 18.0 Å². The van der Waals surface area contributed by atoms with Gasteiger partial charge in [0.15, 0.2) is 0 Å². The molecule has 0 spiro atoms. The molecule has 1 aliphatic carbocycles. The third-order valence-corrected chi connectivity index (χ3v) is 7.34. The zero-order chi connectivity index (χ0) is 22.3. The van der Waals surface area contributed by atoms with Gasteiger partial charge >= 0.3 is 0 Å². The number of rotatable bonds is 5. The molecule has 10 atom stereocenters. The highest BCUT2D eigenvalue weighted by Crippen LogP contribution is 2.43. The van der Waals surface area contributed by atoms with Gasteiger partial charge in [-0.2, -0.15) is 0 Å². The molecule has 0 aromatic carbocycles. The number of amides is 1. The number of thiazole rings is 1. The van der Waals surface area contributed by atoms with E-state index in [1.165, 1.54) is 11.3 Å². The molecular formula is C20H31N3O7S. The Kier molecular flexibility index (Phi) is 6.67. The quantitative estimate of drug-likeness (QED) is 0.381. The van der Waals surface area contributed by atoms with E-state index in [4.69, 9.17) is 14.2 Å². The summed E-state index contributed by atoms with van der Waals surface area (Å²) in [4.78, 5) is 16.7. The Bertz CT molecular complexity index is 768. The van der Waals surface area contributed by atoms with Crippen LogP contribution in [-0.4, -0.2) is 87.9 Å². The molecule has 3 heterocycles. The van der Waals surface area contributed by atoms with Gasteiger partial charge in [0, 0.05) is 17.5 Å². The minimum absolute atomic E-state index is 0.0891. The number of hydrogen-bond acceptors (Lipinski definition) is 10. The molecule has 0 radical (unpaired) electrons. The van der Waals surface area contributed by atoms with Crippen molar-refractivity contribution in [1.82, 2.24) is 15.6 Å². The van der Waals surface area contributed by atoms with Crippen LogP contribution in [0.5, 0.6) is 0 Å². The third-order valence-electron chi connectivity index (χ3n) is 6.56. The number of carbonyl (C=O) groups is 1. The summed E-state index contributed by atoms with van der Waals surface area (Å²) in [6.45, 7) is 3.71. The van der Waals surface area contributed by atoms with Gasteiger partial charge in [0.05, 0.1) is 36.8 Å². The van der Waals surface area contributed by atoms with Gasteiger partial charge in [-0.25, -0.2) is 4.98 Å². The fourth-order valence-corrected chi connectivity index (χ4v) is 5.58. The van der Waals surface area contributed by atoms with E-state index in [0.717, 1.165) is 0 Å². The molecule has 1 aromatic rings. The summed E-state index contributed by atoms with van der Waals surface area (Å²) in [6, 6.07) is -1.38. The van der Waals surface area contributed by atoms with Crippen molar-refractivity contribution in [3.63, 3.8) is 0 Å². The zero-order valence-electron chi connectivity index (χ0n) is 17.8. The maximum Gasteiger partial charge on any atom is 0.239 e. The summed E-state index contributed by atoms with van der Waals surface area (Å²) < 4.78 is 18.0. The highest BCUT2D eigenvalue weighted by atomic mass is 32.1.